The average molecular weight is 677 g/mol. The van der Waals surface area contributed by atoms with Crippen LogP contribution in [0.5, 0.6) is 0 Å². The molecule has 0 N–H and O–H groups in total. The van der Waals surface area contributed by atoms with Crippen LogP contribution in [0, 0.1) is 0 Å². The number of rotatable bonds is 2. The summed E-state index contributed by atoms with van der Waals surface area (Å²) in [4.78, 5) is 19.3. The Bertz CT molecular complexity index is 3590. The number of nitrogens with zero attached hydrogens (tertiary/aromatic N) is 4. The molecule has 0 aliphatic carbocycles. The normalized spacial score (nSPS) is 12.2. The predicted molar refractivity (Wildman–Crippen MR) is 220 cm³/mol. The summed E-state index contributed by atoms with van der Waals surface area (Å²) < 4.78 is 6.66. The van der Waals surface area contributed by atoms with Gasteiger partial charge in [-0.25, -0.2) is 4.98 Å². The molecule has 0 aliphatic heterocycles. The molecule has 8 aromatic carbocycles. The molecule has 4 aromatic heterocycles. The smallest absolute Gasteiger partial charge is 0.266 e. The molecular formula is C48H28N4O. The molecule has 246 valence electrons. The summed E-state index contributed by atoms with van der Waals surface area (Å²) in [5.74, 6) is 0. The lowest BCUT2D eigenvalue weighted by Crippen LogP contribution is -2.16. The molecule has 0 bridgehead atoms. The van der Waals surface area contributed by atoms with Gasteiger partial charge in [0.05, 0.1) is 38.5 Å². The van der Waals surface area contributed by atoms with Crippen molar-refractivity contribution in [3.05, 3.63) is 180 Å². The number of hydrogen-bond donors (Lipinski definition) is 0. The lowest BCUT2D eigenvalue weighted by molar-refractivity contribution is 1.13. The summed E-state index contributed by atoms with van der Waals surface area (Å²) in [7, 11) is 0. The Morgan fingerprint density at radius 1 is 0.396 bits per heavy atom. The molecule has 4 heterocycles. The molecule has 5 nitrogen and oxygen atoms in total. The zero-order valence-electron chi connectivity index (χ0n) is 28.4. The van der Waals surface area contributed by atoms with Crippen LogP contribution >= 0.6 is 0 Å². The van der Waals surface area contributed by atoms with E-state index in [2.05, 4.69) is 149 Å². The third-order valence-electron chi connectivity index (χ3n) is 11.2. The molecule has 0 saturated carbocycles. The second kappa shape index (κ2) is 10.4. The highest BCUT2D eigenvalue weighted by molar-refractivity contribution is 6.28. The van der Waals surface area contributed by atoms with Gasteiger partial charge < -0.3 is 9.13 Å². The van der Waals surface area contributed by atoms with Crippen LogP contribution in [0.15, 0.2) is 175 Å². The maximum absolute atomic E-state index is 14.2. The van der Waals surface area contributed by atoms with Crippen LogP contribution in [-0.4, -0.2) is 18.5 Å². The van der Waals surface area contributed by atoms with E-state index in [1.165, 1.54) is 37.8 Å². The van der Waals surface area contributed by atoms with Crippen LogP contribution in [0.25, 0.3) is 104 Å². The van der Waals surface area contributed by atoms with E-state index < -0.39 is 0 Å². The molecule has 0 amide bonds. The first kappa shape index (κ1) is 28.5. The minimum absolute atomic E-state index is 0.0627. The predicted octanol–water partition coefficient (Wildman–Crippen LogP) is 11.5. The van der Waals surface area contributed by atoms with E-state index in [4.69, 9.17) is 4.98 Å². The van der Waals surface area contributed by atoms with Crippen molar-refractivity contribution in [3.8, 4) is 11.4 Å². The van der Waals surface area contributed by atoms with Crippen LogP contribution in [-0.2, 0) is 0 Å². The molecule has 53 heavy (non-hydrogen) atoms. The molecule has 0 unspecified atom stereocenters. The van der Waals surface area contributed by atoms with Crippen molar-refractivity contribution in [1.29, 1.82) is 0 Å². The standard InChI is InChI=1S/C48H28N4O/c53-48-37-19-8-10-20-40(37)49-47-36-18-7-6-16-33(36)39-28-31(23-27-42(39)52(47)48)51-41-21-11-9-17-34(41)35-24-25-38-44-32-15-5-4-12-29(32)22-26-43(44)50(46(38)45(35)51)30-13-2-1-3-14-30/h1-28H. The van der Waals surface area contributed by atoms with E-state index in [0.29, 0.717) is 16.6 Å². The largest absolute Gasteiger partial charge is 0.307 e. The molecule has 0 fully saturated rings. The topological polar surface area (TPSA) is 44.2 Å². The van der Waals surface area contributed by atoms with Crippen LogP contribution in [0.2, 0.25) is 0 Å². The Morgan fingerprint density at radius 2 is 1.04 bits per heavy atom. The molecule has 0 spiro atoms. The first-order valence-corrected chi connectivity index (χ1v) is 17.9. The van der Waals surface area contributed by atoms with E-state index in [9.17, 15) is 4.79 Å². The number of aromatic nitrogens is 4. The molecule has 12 aromatic rings. The van der Waals surface area contributed by atoms with Gasteiger partial charge in [0.1, 0.15) is 5.65 Å². The van der Waals surface area contributed by atoms with Crippen molar-refractivity contribution < 1.29 is 0 Å². The lowest BCUT2D eigenvalue weighted by Gasteiger charge is -2.15. The fraction of sp³-hybridized carbons (Fsp3) is 0. The maximum atomic E-state index is 14.2. The summed E-state index contributed by atoms with van der Waals surface area (Å²) in [5, 5.41) is 10.9. The van der Waals surface area contributed by atoms with Crippen molar-refractivity contribution in [2.24, 2.45) is 0 Å². The summed E-state index contributed by atoms with van der Waals surface area (Å²) in [6, 6.07) is 59.6. The van der Waals surface area contributed by atoms with E-state index in [1.807, 2.05) is 30.3 Å². The van der Waals surface area contributed by atoms with Gasteiger partial charge in [-0.1, -0.05) is 115 Å². The molecule has 0 saturated heterocycles. The Hall–Kier alpha value is -7.24. The Balaban J connectivity index is 1.28. The second-order valence-electron chi connectivity index (χ2n) is 13.9. The van der Waals surface area contributed by atoms with Gasteiger partial charge in [0.15, 0.2) is 0 Å². The average Bonchev–Trinajstić information content (AvgIpc) is 3.74. The molecule has 5 heteroatoms. The van der Waals surface area contributed by atoms with Crippen molar-refractivity contribution in [2.75, 3.05) is 0 Å². The zero-order chi connectivity index (χ0) is 34.8. The Labute approximate surface area is 301 Å². The van der Waals surface area contributed by atoms with Gasteiger partial charge >= 0.3 is 0 Å². The summed E-state index contributed by atoms with van der Waals surface area (Å²) in [6.07, 6.45) is 0. The second-order valence-corrected chi connectivity index (χ2v) is 13.9. The maximum Gasteiger partial charge on any atom is 0.266 e. The highest BCUT2D eigenvalue weighted by Gasteiger charge is 2.23. The number of fused-ring (bicyclic) bond motifs is 16. The number of benzene rings is 8. The van der Waals surface area contributed by atoms with Gasteiger partial charge in [-0.2, -0.15) is 0 Å². The number of hydrogen-bond acceptors (Lipinski definition) is 2. The quantitative estimate of drug-likeness (QED) is 0.135. The third-order valence-corrected chi connectivity index (χ3v) is 11.2. The van der Waals surface area contributed by atoms with Crippen LogP contribution in [0.1, 0.15) is 0 Å². The first-order chi connectivity index (χ1) is 26.2. The molecule has 12 rings (SSSR count). The first-order valence-electron chi connectivity index (χ1n) is 17.9. The van der Waals surface area contributed by atoms with Crippen molar-refractivity contribution >= 4 is 92.6 Å². The van der Waals surface area contributed by atoms with E-state index >= 15 is 0 Å². The summed E-state index contributed by atoms with van der Waals surface area (Å²) in [5.41, 5.74) is 8.88. The van der Waals surface area contributed by atoms with Gasteiger partial charge in [-0.15, -0.1) is 0 Å². The van der Waals surface area contributed by atoms with Crippen molar-refractivity contribution in [1.82, 2.24) is 18.5 Å². The van der Waals surface area contributed by atoms with E-state index in [1.54, 1.807) is 4.40 Å². The highest BCUT2D eigenvalue weighted by Crippen LogP contribution is 2.44. The van der Waals surface area contributed by atoms with Gasteiger partial charge in [0.25, 0.3) is 5.56 Å². The zero-order valence-corrected chi connectivity index (χ0v) is 28.4. The highest BCUT2D eigenvalue weighted by atomic mass is 16.1. The minimum atomic E-state index is -0.0627. The minimum Gasteiger partial charge on any atom is -0.307 e. The molecule has 0 radical (unpaired) electrons. The van der Waals surface area contributed by atoms with E-state index in [0.717, 1.165) is 49.6 Å². The SMILES string of the molecule is O=c1c2ccccc2nc2c3ccccc3c3cc(-n4c5ccccc5c5ccc6c7c8ccccc8ccc7n(-c7ccccc7)c6c54)ccc3n12. The fourth-order valence-corrected chi connectivity index (χ4v) is 8.96. The third kappa shape index (κ3) is 3.75. The van der Waals surface area contributed by atoms with Crippen LogP contribution in [0.3, 0.4) is 0 Å². The number of pyridine rings is 1. The van der Waals surface area contributed by atoms with Gasteiger partial charge in [-0.05, 0) is 70.8 Å². The van der Waals surface area contributed by atoms with Crippen LogP contribution < -0.4 is 5.56 Å². The summed E-state index contributed by atoms with van der Waals surface area (Å²) >= 11 is 0. The van der Waals surface area contributed by atoms with Gasteiger partial charge in [-0.3, -0.25) is 9.20 Å². The lowest BCUT2D eigenvalue weighted by atomic mass is 10.0. The Kier molecular flexibility index (Phi) is 5.59. The van der Waals surface area contributed by atoms with Crippen LogP contribution in [0.4, 0.5) is 0 Å². The number of para-hydroxylation sites is 3. The fourth-order valence-electron chi connectivity index (χ4n) is 8.96. The van der Waals surface area contributed by atoms with E-state index in [-0.39, 0.29) is 5.56 Å². The van der Waals surface area contributed by atoms with Crippen molar-refractivity contribution in [3.63, 3.8) is 0 Å². The van der Waals surface area contributed by atoms with Gasteiger partial charge in [0, 0.05) is 43.7 Å². The molecular weight excluding hydrogens is 649 g/mol. The molecule has 0 atom stereocenters. The molecule has 0 aliphatic rings. The van der Waals surface area contributed by atoms with Gasteiger partial charge in [0.2, 0.25) is 0 Å². The Morgan fingerprint density at radius 3 is 1.91 bits per heavy atom. The monoisotopic (exact) mass is 676 g/mol. The van der Waals surface area contributed by atoms with Crippen molar-refractivity contribution in [2.45, 2.75) is 0 Å². The summed E-state index contributed by atoms with van der Waals surface area (Å²) in [6.45, 7) is 0.